The molecule has 0 saturated heterocycles. The van der Waals surface area contributed by atoms with E-state index in [1.807, 2.05) is 12.1 Å². The minimum Gasteiger partial charge on any atom is -0.397 e. The molecule has 4 rings (SSSR count). The SMILES string of the molecule is CC(=O)c1sc2nc(NC3CC3)nc(-c3cccnc3)c2c1N. The van der Waals surface area contributed by atoms with Crippen LogP contribution in [0.5, 0.6) is 0 Å². The first kappa shape index (κ1) is 14.1. The molecule has 3 aromatic heterocycles. The minimum atomic E-state index is -0.0562. The van der Waals surface area contributed by atoms with Crippen molar-refractivity contribution in [1.82, 2.24) is 15.0 Å². The molecule has 0 atom stereocenters. The first-order valence-corrected chi connectivity index (χ1v) is 8.23. The van der Waals surface area contributed by atoms with Crippen molar-refractivity contribution in [3.8, 4) is 11.3 Å². The Bertz CT molecular complexity index is 902. The van der Waals surface area contributed by atoms with Gasteiger partial charge in [-0.15, -0.1) is 11.3 Å². The van der Waals surface area contributed by atoms with Gasteiger partial charge in [0.25, 0.3) is 0 Å². The average molecular weight is 325 g/mol. The number of carbonyl (C=O) groups is 1. The Morgan fingerprint density at radius 3 is 2.87 bits per heavy atom. The molecule has 3 heterocycles. The number of nitrogens with zero attached hydrogens (tertiary/aromatic N) is 3. The van der Waals surface area contributed by atoms with Crippen molar-refractivity contribution in [1.29, 1.82) is 0 Å². The molecule has 23 heavy (non-hydrogen) atoms. The topological polar surface area (TPSA) is 93.8 Å². The van der Waals surface area contributed by atoms with Gasteiger partial charge in [0.1, 0.15) is 4.83 Å². The average Bonchev–Trinajstić information content (AvgIpc) is 3.29. The number of hydrogen-bond acceptors (Lipinski definition) is 7. The lowest BCUT2D eigenvalue weighted by Gasteiger charge is -2.08. The number of carbonyl (C=O) groups excluding carboxylic acids is 1. The van der Waals surface area contributed by atoms with Crippen LogP contribution in [-0.2, 0) is 0 Å². The van der Waals surface area contributed by atoms with Crippen LogP contribution in [0.3, 0.4) is 0 Å². The standard InChI is InChI=1S/C16H15N5OS/c1-8(22)14-12(17)11-13(9-3-2-6-18-7-9)20-16(19-10-4-5-10)21-15(11)23-14/h2-3,6-7,10H,4-5,17H2,1H3,(H,19,20,21). The summed E-state index contributed by atoms with van der Waals surface area (Å²) in [6.07, 6.45) is 5.72. The molecule has 3 N–H and O–H groups in total. The summed E-state index contributed by atoms with van der Waals surface area (Å²) in [4.78, 5) is 26.4. The number of hydrogen-bond donors (Lipinski definition) is 2. The van der Waals surface area contributed by atoms with Gasteiger partial charge < -0.3 is 11.1 Å². The second-order valence-corrected chi connectivity index (χ2v) is 6.64. The molecule has 116 valence electrons. The van der Waals surface area contributed by atoms with Crippen LogP contribution in [0.4, 0.5) is 11.6 Å². The molecule has 0 aromatic carbocycles. The molecule has 0 spiro atoms. The fourth-order valence-corrected chi connectivity index (χ4v) is 3.46. The summed E-state index contributed by atoms with van der Waals surface area (Å²) in [7, 11) is 0. The van der Waals surface area contributed by atoms with Gasteiger partial charge in [-0.25, -0.2) is 9.97 Å². The summed E-state index contributed by atoms with van der Waals surface area (Å²) in [6, 6.07) is 4.23. The Labute approximate surface area is 136 Å². The van der Waals surface area contributed by atoms with Crippen LogP contribution in [0.15, 0.2) is 24.5 Å². The first-order chi connectivity index (χ1) is 11.1. The van der Waals surface area contributed by atoms with Gasteiger partial charge in [0, 0.05) is 30.9 Å². The maximum Gasteiger partial charge on any atom is 0.224 e. The number of anilines is 2. The van der Waals surface area contributed by atoms with E-state index in [-0.39, 0.29) is 5.78 Å². The molecule has 6 nitrogen and oxygen atoms in total. The number of fused-ring (bicyclic) bond motifs is 1. The summed E-state index contributed by atoms with van der Waals surface area (Å²) in [5, 5.41) is 4.05. The van der Waals surface area contributed by atoms with Crippen molar-refractivity contribution in [3.63, 3.8) is 0 Å². The van der Waals surface area contributed by atoms with Gasteiger partial charge in [0.15, 0.2) is 5.78 Å². The number of nitrogens with two attached hydrogens (primary N) is 1. The largest absolute Gasteiger partial charge is 0.397 e. The van der Waals surface area contributed by atoms with E-state index in [9.17, 15) is 4.79 Å². The molecule has 0 unspecified atom stereocenters. The second kappa shape index (κ2) is 5.27. The molecule has 1 aliphatic rings. The first-order valence-electron chi connectivity index (χ1n) is 7.41. The Balaban J connectivity index is 1.97. The third-order valence-electron chi connectivity index (χ3n) is 3.75. The summed E-state index contributed by atoms with van der Waals surface area (Å²) in [5.74, 6) is 0.523. The van der Waals surface area contributed by atoms with E-state index in [2.05, 4.69) is 20.3 Å². The Hall–Kier alpha value is -2.54. The second-order valence-electron chi connectivity index (χ2n) is 5.64. The van der Waals surface area contributed by atoms with Gasteiger partial charge >= 0.3 is 0 Å². The molecule has 0 amide bonds. The molecule has 0 radical (unpaired) electrons. The third-order valence-corrected chi connectivity index (χ3v) is 4.95. The Kier molecular flexibility index (Phi) is 3.23. The lowest BCUT2D eigenvalue weighted by molar-refractivity contribution is 0.102. The number of nitrogen functional groups attached to an aromatic ring is 1. The zero-order valence-electron chi connectivity index (χ0n) is 12.5. The normalized spacial score (nSPS) is 14.1. The van der Waals surface area contributed by atoms with Gasteiger partial charge in [-0.1, -0.05) is 0 Å². The van der Waals surface area contributed by atoms with Crippen molar-refractivity contribution in [2.45, 2.75) is 25.8 Å². The van der Waals surface area contributed by atoms with Gasteiger partial charge in [0.05, 0.1) is 21.6 Å². The highest BCUT2D eigenvalue weighted by Crippen LogP contribution is 2.39. The van der Waals surface area contributed by atoms with E-state index in [4.69, 9.17) is 5.73 Å². The van der Waals surface area contributed by atoms with Crippen LogP contribution in [0.25, 0.3) is 21.5 Å². The molecule has 1 fully saturated rings. The summed E-state index contributed by atoms with van der Waals surface area (Å²) >= 11 is 1.32. The zero-order chi connectivity index (χ0) is 16.0. The maximum atomic E-state index is 11.8. The summed E-state index contributed by atoms with van der Waals surface area (Å²) in [5.41, 5.74) is 8.24. The highest BCUT2D eigenvalue weighted by atomic mass is 32.1. The fourth-order valence-electron chi connectivity index (χ4n) is 2.47. The molecule has 0 aliphatic heterocycles. The Morgan fingerprint density at radius 1 is 1.39 bits per heavy atom. The Morgan fingerprint density at radius 2 is 2.22 bits per heavy atom. The van der Waals surface area contributed by atoms with E-state index in [0.29, 0.717) is 28.2 Å². The monoisotopic (exact) mass is 325 g/mol. The molecule has 3 aromatic rings. The van der Waals surface area contributed by atoms with E-state index in [1.165, 1.54) is 18.3 Å². The predicted molar refractivity (Wildman–Crippen MR) is 91.7 cm³/mol. The van der Waals surface area contributed by atoms with E-state index in [1.54, 1.807) is 12.4 Å². The fraction of sp³-hybridized carbons (Fsp3) is 0.250. The number of rotatable bonds is 4. The van der Waals surface area contributed by atoms with Gasteiger partial charge in [-0.05, 0) is 25.0 Å². The van der Waals surface area contributed by atoms with Crippen LogP contribution in [0.1, 0.15) is 29.4 Å². The number of nitrogens with one attached hydrogen (secondary N) is 1. The highest BCUT2D eigenvalue weighted by molar-refractivity contribution is 7.21. The summed E-state index contributed by atoms with van der Waals surface area (Å²) < 4.78 is 0. The maximum absolute atomic E-state index is 11.8. The number of pyridine rings is 1. The minimum absolute atomic E-state index is 0.0562. The summed E-state index contributed by atoms with van der Waals surface area (Å²) in [6.45, 7) is 1.52. The molecule has 7 heteroatoms. The van der Waals surface area contributed by atoms with Crippen molar-refractivity contribution in [2.24, 2.45) is 0 Å². The number of Topliss-reactive ketones (excluding diaryl/α,β-unsaturated/α-hetero) is 1. The highest BCUT2D eigenvalue weighted by Gasteiger charge is 2.24. The number of thiophene rings is 1. The van der Waals surface area contributed by atoms with Crippen molar-refractivity contribution < 1.29 is 4.79 Å². The smallest absolute Gasteiger partial charge is 0.224 e. The van der Waals surface area contributed by atoms with Gasteiger partial charge in [-0.2, -0.15) is 0 Å². The number of ketones is 1. The quantitative estimate of drug-likeness (QED) is 0.716. The van der Waals surface area contributed by atoms with Crippen LogP contribution < -0.4 is 11.1 Å². The van der Waals surface area contributed by atoms with Crippen LogP contribution in [0, 0.1) is 0 Å². The predicted octanol–water partition coefficient (Wildman–Crippen LogP) is 3.11. The van der Waals surface area contributed by atoms with E-state index in [0.717, 1.165) is 28.6 Å². The third kappa shape index (κ3) is 2.53. The molecule has 0 bridgehead atoms. The number of aromatic nitrogens is 3. The lowest BCUT2D eigenvalue weighted by atomic mass is 10.1. The van der Waals surface area contributed by atoms with Crippen LogP contribution >= 0.6 is 11.3 Å². The molecular formula is C16H15N5OS. The molecular weight excluding hydrogens is 310 g/mol. The zero-order valence-corrected chi connectivity index (χ0v) is 13.4. The molecule has 1 aliphatic carbocycles. The van der Waals surface area contributed by atoms with Crippen LogP contribution in [0.2, 0.25) is 0 Å². The van der Waals surface area contributed by atoms with Crippen molar-refractivity contribution in [3.05, 3.63) is 29.4 Å². The van der Waals surface area contributed by atoms with E-state index >= 15 is 0 Å². The van der Waals surface area contributed by atoms with Gasteiger partial charge in [0.2, 0.25) is 5.95 Å². The van der Waals surface area contributed by atoms with Crippen molar-refractivity contribution in [2.75, 3.05) is 11.1 Å². The van der Waals surface area contributed by atoms with E-state index < -0.39 is 0 Å². The van der Waals surface area contributed by atoms with Crippen molar-refractivity contribution >= 4 is 39.0 Å². The lowest BCUT2D eigenvalue weighted by Crippen LogP contribution is -2.06. The molecule has 1 saturated carbocycles. The van der Waals surface area contributed by atoms with Gasteiger partial charge in [-0.3, -0.25) is 9.78 Å². The van der Waals surface area contributed by atoms with Crippen LogP contribution in [-0.4, -0.2) is 26.8 Å².